The van der Waals surface area contributed by atoms with Gasteiger partial charge >= 0.3 is 6.09 Å². The first kappa shape index (κ1) is 18.3. The van der Waals surface area contributed by atoms with Gasteiger partial charge in [0.2, 0.25) is 11.8 Å². The molecule has 1 unspecified atom stereocenters. The summed E-state index contributed by atoms with van der Waals surface area (Å²) in [4.78, 5) is 14.1. The van der Waals surface area contributed by atoms with Gasteiger partial charge in [-0.1, -0.05) is 6.07 Å². The van der Waals surface area contributed by atoms with Gasteiger partial charge in [-0.3, -0.25) is 0 Å². The molecule has 3 rings (SSSR count). The topological polar surface area (TPSA) is 68.5 Å². The number of rotatable bonds is 2. The first-order valence-electron chi connectivity index (χ1n) is 8.38. The number of amides is 1. The van der Waals surface area contributed by atoms with Crippen LogP contribution in [0, 0.1) is 18.6 Å². The maximum atomic E-state index is 14.3. The van der Waals surface area contributed by atoms with Crippen molar-refractivity contribution in [1.29, 1.82) is 0 Å². The zero-order valence-corrected chi connectivity index (χ0v) is 15.1. The maximum absolute atomic E-state index is 14.3. The van der Waals surface area contributed by atoms with Gasteiger partial charge in [0.15, 0.2) is 0 Å². The van der Waals surface area contributed by atoms with Crippen LogP contribution in [-0.4, -0.2) is 33.3 Å². The largest absolute Gasteiger partial charge is 0.444 e. The summed E-state index contributed by atoms with van der Waals surface area (Å²) in [6.45, 7) is 7.19. The Morgan fingerprint density at radius 3 is 2.62 bits per heavy atom. The van der Waals surface area contributed by atoms with E-state index in [0.717, 1.165) is 6.07 Å². The fraction of sp³-hybridized carbons (Fsp3) is 0.500. The van der Waals surface area contributed by atoms with Crippen LogP contribution in [0.5, 0.6) is 0 Å². The highest BCUT2D eigenvalue weighted by molar-refractivity contribution is 5.69. The maximum Gasteiger partial charge on any atom is 0.410 e. The zero-order chi connectivity index (χ0) is 19.1. The van der Waals surface area contributed by atoms with Crippen molar-refractivity contribution in [3.8, 4) is 0 Å². The summed E-state index contributed by atoms with van der Waals surface area (Å²) in [6.07, 6.45) is -0.186. The molecule has 6 nitrogen and oxygen atoms in total. The number of aryl methyl sites for hydroxylation is 1. The molecule has 140 valence electrons. The van der Waals surface area contributed by atoms with Gasteiger partial charge in [-0.05, 0) is 33.3 Å². The Balaban J connectivity index is 1.93. The summed E-state index contributed by atoms with van der Waals surface area (Å²) < 4.78 is 38.5. The van der Waals surface area contributed by atoms with Crippen LogP contribution in [0.4, 0.5) is 13.6 Å². The Hall–Kier alpha value is -2.51. The van der Waals surface area contributed by atoms with E-state index in [1.165, 1.54) is 17.0 Å². The van der Waals surface area contributed by atoms with Crippen LogP contribution in [-0.2, 0) is 4.74 Å². The Labute approximate surface area is 150 Å². The summed E-state index contributed by atoms with van der Waals surface area (Å²) in [7, 11) is 0. The quantitative estimate of drug-likeness (QED) is 0.801. The third-order valence-corrected chi connectivity index (χ3v) is 4.14. The fourth-order valence-corrected chi connectivity index (χ4v) is 3.08. The minimum Gasteiger partial charge on any atom is -0.444 e. The number of nitrogens with zero attached hydrogens (tertiary/aromatic N) is 3. The zero-order valence-electron chi connectivity index (χ0n) is 15.1. The lowest BCUT2D eigenvalue weighted by Gasteiger charge is -2.28. The SMILES string of the molecule is Cc1nnc(C2C[C@@H](c3ccc(F)cc3F)N(C(=O)OC(C)(C)C)C2)o1. The van der Waals surface area contributed by atoms with Crippen LogP contribution in [0.3, 0.4) is 0 Å². The number of halogens is 2. The van der Waals surface area contributed by atoms with Gasteiger partial charge < -0.3 is 14.1 Å². The number of hydrogen-bond acceptors (Lipinski definition) is 5. The predicted octanol–water partition coefficient (Wildman–Crippen LogP) is 4.12. The monoisotopic (exact) mass is 365 g/mol. The number of aromatic nitrogens is 2. The molecular formula is C18H21F2N3O3. The lowest BCUT2D eigenvalue weighted by molar-refractivity contribution is 0.0220. The van der Waals surface area contributed by atoms with Crippen LogP contribution >= 0.6 is 0 Å². The highest BCUT2D eigenvalue weighted by Crippen LogP contribution is 2.41. The van der Waals surface area contributed by atoms with E-state index in [2.05, 4.69) is 10.2 Å². The molecule has 1 aromatic carbocycles. The third kappa shape index (κ3) is 3.84. The molecule has 2 atom stereocenters. The van der Waals surface area contributed by atoms with Crippen molar-refractivity contribution in [3.63, 3.8) is 0 Å². The second-order valence-electron chi connectivity index (χ2n) is 7.41. The van der Waals surface area contributed by atoms with E-state index in [4.69, 9.17) is 9.15 Å². The molecule has 1 fully saturated rings. The van der Waals surface area contributed by atoms with Crippen molar-refractivity contribution < 1.29 is 22.7 Å². The summed E-state index contributed by atoms with van der Waals surface area (Å²) in [5, 5.41) is 7.82. The highest BCUT2D eigenvalue weighted by Gasteiger charge is 2.42. The molecule has 8 heteroatoms. The first-order chi connectivity index (χ1) is 12.1. The number of likely N-dealkylation sites (tertiary alicyclic amines) is 1. The molecule has 0 aliphatic carbocycles. The van der Waals surface area contributed by atoms with Gasteiger partial charge in [0.05, 0.1) is 12.0 Å². The lowest BCUT2D eigenvalue weighted by atomic mass is 9.99. The summed E-state index contributed by atoms with van der Waals surface area (Å²) >= 11 is 0. The van der Waals surface area contributed by atoms with E-state index < -0.39 is 29.4 Å². The molecule has 1 aliphatic heterocycles. The second kappa shape index (κ2) is 6.66. The minimum atomic E-state index is -0.703. The molecule has 1 aromatic heterocycles. The van der Waals surface area contributed by atoms with Crippen molar-refractivity contribution in [1.82, 2.24) is 15.1 Å². The van der Waals surface area contributed by atoms with Crippen LogP contribution in [0.2, 0.25) is 0 Å². The van der Waals surface area contributed by atoms with Gasteiger partial charge in [-0.25, -0.2) is 13.6 Å². The molecule has 1 saturated heterocycles. The van der Waals surface area contributed by atoms with Gasteiger partial charge in [-0.15, -0.1) is 10.2 Å². The van der Waals surface area contributed by atoms with Crippen molar-refractivity contribution in [2.24, 2.45) is 0 Å². The van der Waals surface area contributed by atoms with Crippen LogP contribution in [0.1, 0.15) is 56.5 Å². The van der Waals surface area contributed by atoms with Crippen LogP contribution in [0.25, 0.3) is 0 Å². The van der Waals surface area contributed by atoms with Crippen molar-refractivity contribution in [3.05, 3.63) is 47.2 Å². The Kier molecular flexibility index (Phi) is 4.68. The minimum absolute atomic E-state index is 0.232. The molecule has 2 aromatic rings. The van der Waals surface area contributed by atoms with E-state index in [-0.39, 0.29) is 18.0 Å². The average molecular weight is 365 g/mol. The van der Waals surface area contributed by atoms with Gasteiger partial charge in [0.1, 0.15) is 17.2 Å². The smallest absolute Gasteiger partial charge is 0.410 e. The fourth-order valence-electron chi connectivity index (χ4n) is 3.08. The van der Waals surface area contributed by atoms with Crippen molar-refractivity contribution in [2.45, 2.75) is 51.7 Å². The average Bonchev–Trinajstić information content (AvgIpc) is 3.12. The Morgan fingerprint density at radius 2 is 2.04 bits per heavy atom. The highest BCUT2D eigenvalue weighted by atomic mass is 19.1. The van der Waals surface area contributed by atoms with E-state index in [9.17, 15) is 13.6 Å². The van der Waals surface area contributed by atoms with Crippen molar-refractivity contribution in [2.75, 3.05) is 6.54 Å². The Morgan fingerprint density at radius 1 is 1.31 bits per heavy atom. The van der Waals surface area contributed by atoms with Crippen molar-refractivity contribution >= 4 is 6.09 Å². The molecule has 0 radical (unpaired) electrons. The molecule has 0 saturated carbocycles. The third-order valence-electron chi connectivity index (χ3n) is 4.14. The second-order valence-corrected chi connectivity index (χ2v) is 7.41. The van der Waals surface area contributed by atoms with E-state index in [0.29, 0.717) is 18.2 Å². The summed E-state index contributed by atoms with van der Waals surface area (Å²) in [6, 6.07) is 2.74. The first-order valence-corrected chi connectivity index (χ1v) is 8.38. The standard InChI is InChI=1S/C18H21F2N3O3/c1-10-21-22-16(25-10)11-7-15(13-6-5-12(19)8-14(13)20)23(9-11)17(24)26-18(2,3)4/h5-6,8,11,15H,7,9H2,1-4H3/t11?,15-/m0/s1. The summed E-state index contributed by atoms with van der Waals surface area (Å²) in [5.41, 5.74) is -0.460. The molecule has 26 heavy (non-hydrogen) atoms. The molecular weight excluding hydrogens is 344 g/mol. The van der Waals surface area contributed by atoms with E-state index in [1.807, 2.05) is 0 Å². The number of carbonyl (C=O) groups excluding carboxylic acids is 1. The number of carbonyl (C=O) groups is 1. The molecule has 2 heterocycles. The molecule has 1 amide bonds. The van der Waals surface area contributed by atoms with Gasteiger partial charge in [0.25, 0.3) is 0 Å². The van der Waals surface area contributed by atoms with E-state index in [1.54, 1.807) is 27.7 Å². The molecule has 0 N–H and O–H groups in total. The Bertz CT molecular complexity index is 816. The molecule has 0 spiro atoms. The predicted molar refractivity (Wildman–Crippen MR) is 88.4 cm³/mol. The summed E-state index contributed by atoms with van der Waals surface area (Å²) in [5.74, 6) is -0.817. The lowest BCUT2D eigenvalue weighted by Crippen LogP contribution is -2.37. The van der Waals surface area contributed by atoms with Crippen LogP contribution < -0.4 is 0 Å². The number of hydrogen-bond donors (Lipinski definition) is 0. The van der Waals surface area contributed by atoms with E-state index >= 15 is 0 Å². The van der Waals surface area contributed by atoms with Gasteiger partial charge in [-0.2, -0.15) is 0 Å². The normalized spacial score (nSPS) is 20.5. The number of ether oxygens (including phenoxy) is 1. The number of benzene rings is 1. The van der Waals surface area contributed by atoms with Crippen LogP contribution in [0.15, 0.2) is 22.6 Å². The molecule has 1 aliphatic rings. The van der Waals surface area contributed by atoms with Gasteiger partial charge in [0, 0.05) is 25.1 Å². The molecule has 0 bridgehead atoms.